The molecule has 0 saturated heterocycles. The lowest BCUT2D eigenvalue weighted by Gasteiger charge is -2.16. The standard InChI is InChI=1S/C17H32O/c1-2-3-4-5-6-7-8-9-10-12-16-13-11-14-17(18)15-16/h15,17-18H,2-14H2,1H3. The van der Waals surface area contributed by atoms with Crippen LogP contribution in [0, 0.1) is 0 Å². The second-order valence-corrected chi connectivity index (χ2v) is 5.86. The van der Waals surface area contributed by atoms with E-state index in [0.717, 1.165) is 6.42 Å². The lowest BCUT2D eigenvalue weighted by Crippen LogP contribution is -2.08. The second-order valence-electron chi connectivity index (χ2n) is 5.86. The number of aliphatic hydroxyl groups excluding tert-OH is 1. The molecule has 0 spiro atoms. The molecule has 0 aromatic rings. The van der Waals surface area contributed by atoms with Gasteiger partial charge in [-0.15, -0.1) is 0 Å². The minimum Gasteiger partial charge on any atom is -0.389 e. The molecule has 0 saturated carbocycles. The van der Waals surface area contributed by atoms with Crippen molar-refractivity contribution in [3.63, 3.8) is 0 Å². The summed E-state index contributed by atoms with van der Waals surface area (Å²) in [6.07, 6.45) is 19.2. The predicted octanol–water partition coefficient (Wildman–Crippen LogP) is 5.38. The summed E-state index contributed by atoms with van der Waals surface area (Å²) >= 11 is 0. The van der Waals surface area contributed by atoms with Crippen molar-refractivity contribution in [2.24, 2.45) is 0 Å². The Labute approximate surface area is 114 Å². The predicted molar refractivity (Wildman–Crippen MR) is 79.8 cm³/mol. The van der Waals surface area contributed by atoms with Crippen LogP contribution in [-0.4, -0.2) is 11.2 Å². The fraction of sp³-hybridized carbons (Fsp3) is 0.882. The third kappa shape index (κ3) is 7.92. The molecule has 0 radical (unpaired) electrons. The van der Waals surface area contributed by atoms with Gasteiger partial charge in [-0.3, -0.25) is 0 Å². The number of hydrogen-bond donors (Lipinski definition) is 1. The molecule has 1 N–H and O–H groups in total. The Morgan fingerprint density at radius 3 is 2.22 bits per heavy atom. The van der Waals surface area contributed by atoms with Crippen molar-refractivity contribution in [1.29, 1.82) is 0 Å². The molecule has 0 aliphatic heterocycles. The number of rotatable bonds is 10. The number of aliphatic hydroxyl groups is 1. The van der Waals surface area contributed by atoms with Gasteiger partial charge in [-0.2, -0.15) is 0 Å². The van der Waals surface area contributed by atoms with Gasteiger partial charge >= 0.3 is 0 Å². The zero-order valence-corrected chi connectivity index (χ0v) is 12.3. The third-order valence-corrected chi connectivity index (χ3v) is 4.03. The van der Waals surface area contributed by atoms with Crippen molar-refractivity contribution in [1.82, 2.24) is 0 Å². The van der Waals surface area contributed by atoms with E-state index in [2.05, 4.69) is 13.0 Å². The van der Waals surface area contributed by atoms with E-state index in [9.17, 15) is 5.11 Å². The van der Waals surface area contributed by atoms with E-state index in [4.69, 9.17) is 0 Å². The van der Waals surface area contributed by atoms with Crippen LogP contribution in [0.1, 0.15) is 90.4 Å². The molecule has 1 aliphatic rings. The van der Waals surface area contributed by atoms with Crippen molar-refractivity contribution in [2.75, 3.05) is 0 Å². The van der Waals surface area contributed by atoms with E-state index >= 15 is 0 Å². The van der Waals surface area contributed by atoms with Gasteiger partial charge in [0, 0.05) is 0 Å². The monoisotopic (exact) mass is 252 g/mol. The van der Waals surface area contributed by atoms with Crippen molar-refractivity contribution in [2.45, 2.75) is 96.5 Å². The summed E-state index contributed by atoms with van der Waals surface area (Å²) in [5.41, 5.74) is 1.51. The maximum Gasteiger partial charge on any atom is 0.0723 e. The van der Waals surface area contributed by atoms with E-state index in [1.165, 1.54) is 82.6 Å². The lowest BCUT2D eigenvalue weighted by molar-refractivity contribution is 0.201. The summed E-state index contributed by atoms with van der Waals surface area (Å²) in [6.45, 7) is 2.27. The van der Waals surface area contributed by atoms with Crippen LogP contribution in [0.5, 0.6) is 0 Å². The summed E-state index contributed by atoms with van der Waals surface area (Å²) < 4.78 is 0. The number of hydrogen-bond acceptors (Lipinski definition) is 1. The first-order chi connectivity index (χ1) is 8.83. The van der Waals surface area contributed by atoms with Gasteiger partial charge < -0.3 is 5.11 Å². The molecule has 1 atom stereocenters. The van der Waals surface area contributed by atoms with Crippen LogP contribution in [0.15, 0.2) is 11.6 Å². The normalized spacial score (nSPS) is 19.9. The molecule has 1 aliphatic carbocycles. The highest BCUT2D eigenvalue weighted by atomic mass is 16.3. The van der Waals surface area contributed by atoms with E-state index in [-0.39, 0.29) is 6.10 Å². The quantitative estimate of drug-likeness (QED) is 0.409. The van der Waals surface area contributed by atoms with Gasteiger partial charge in [-0.05, 0) is 32.1 Å². The molecule has 0 fully saturated rings. The Bertz CT molecular complexity index is 220. The van der Waals surface area contributed by atoms with Crippen molar-refractivity contribution in [3.05, 3.63) is 11.6 Å². The molecule has 1 rings (SSSR count). The molecule has 0 aromatic carbocycles. The largest absolute Gasteiger partial charge is 0.389 e. The van der Waals surface area contributed by atoms with Crippen LogP contribution in [0.2, 0.25) is 0 Å². The first-order valence-corrected chi connectivity index (χ1v) is 8.20. The zero-order chi connectivity index (χ0) is 13.1. The van der Waals surface area contributed by atoms with Crippen LogP contribution in [0.25, 0.3) is 0 Å². The van der Waals surface area contributed by atoms with Crippen molar-refractivity contribution in [3.8, 4) is 0 Å². The van der Waals surface area contributed by atoms with Gasteiger partial charge in [0.25, 0.3) is 0 Å². The average Bonchev–Trinajstić information content (AvgIpc) is 2.37. The van der Waals surface area contributed by atoms with E-state index in [1.807, 2.05) is 0 Å². The van der Waals surface area contributed by atoms with Crippen LogP contribution in [-0.2, 0) is 0 Å². The topological polar surface area (TPSA) is 20.2 Å². The summed E-state index contributed by atoms with van der Waals surface area (Å²) in [5.74, 6) is 0. The summed E-state index contributed by atoms with van der Waals surface area (Å²) in [7, 11) is 0. The molecule has 0 aromatic heterocycles. The number of allylic oxidation sites excluding steroid dienone is 1. The molecule has 18 heavy (non-hydrogen) atoms. The average molecular weight is 252 g/mol. The maximum atomic E-state index is 9.55. The van der Waals surface area contributed by atoms with E-state index in [1.54, 1.807) is 0 Å². The minimum absolute atomic E-state index is 0.146. The molecule has 0 amide bonds. The highest BCUT2D eigenvalue weighted by Gasteiger charge is 2.09. The van der Waals surface area contributed by atoms with Gasteiger partial charge in [0.15, 0.2) is 0 Å². The minimum atomic E-state index is -0.146. The molecular formula is C17H32O. The van der Waals surface area contributed by atoms with Crippen LogP contribution in [0.3, 0.4) is 0 Å². The summed E-state index contributed by atoms with van der Waals surface area (Å²) in [6, 6.07) is 0. The van der Waals surface area contributed by atoms with Crippen molar-refractivity contribution >= 4 is 0 Å². The van der Waals surface area contributed by atoms with Gasteiger partial charge in [-0.1, -0.05) is 69.9 Å². The Morgan fingerprint density at radius 1 is 1.00 bits per heavy atom. The van der Waals surface area contributed by atoms with E-state index < -0.39 is 0 Å². The summed E-state index contributed by atoms with van der Waals surface area (Å²) in [5, 5.41) is 9.55. The smallest absolute Gasteiger partial charge is 0.0723 e. The van der Waals surface area contributed by atoms with Gasteiger partial charge in [0.1, 0.15) is 0 Å². The SMILES string of the molecule is CCCCCCCCCCCC1=CC(O)CCC1. The van der Waals surface area contributed by atoms with Gasteiger partial charge in [0.2, 0.25) is 0 Å². The molecule has 1 heteroatoms. The third-order valence-electron chi connectivity index (χ3n) is 4.03. The molecule has 0 bridgehead atoms. The maximum absolute atomic E-state index is 9.55. The van der Waals surface area contributed by atoms with Crippen molar-refractivity contribution < 1.29 is 5.11 Å². The zero-order valence-electron chi connectivity index (χ0n) is 12.3. The Balaban J connectivity index is 1.86. The second kappa shape index (κ2) is 10.6. The molecule has 106 valence electrons. The highest BCUT2D eigenvalue weighted by molar-refractivity contribution is 5.08. The lowest BCUT2D eigenvalue weighted by atomic mass is 9.93. The number of unbranched alkanes of at least 4 members (excludes halogenated alkanes) is 8. The van der Waals surface area contributed by atoms with E-state index in [0.29, 0.717) is 0 Å². The van der Waals surface area contributed by atoms with Crippen LogP contribution >= 0.6 is 0 Å². The Hall–Kier alpha value is -0.300. The van der Waals surface area contributed by atoms with Crippen LogP contribution in [0.4, 0.5) is 0 Å². The van der Waals surface area contributed by atoms with Crippen LogP contribution < -0.4 is 0 Å². The molecular weight excluding hydrogens is 220 g/mol. The summed E-state index contributed by atoms with van der Waals surface area (Å²) in [4.78, 5) is 0. The van der Waals surface area contributed by atoms with Gasteiger partial charge in [0.05, 0.1) is 6.10 Å². The fourth-order valence-corrected chi connectivity index (χ4v) is 2.85. The first-order valence-electron chi connectivity index (χ1n) is 8.20. The Morgan fingerprint density at radius 2 is 1.61 bits per heavy atom. The van der Waals surface area contributed by atoms with Gasteiger partial charge in [-0.25, -0.2) is 0 Å². The fourth-order valence-electron chi connectivity index (χ4n) is 2.85. The molecule has 1 nitrogen and oxygen atoms in total. The highest BCUT2D eigenvalue weighted by Crippen LogP contribution is 2.23. The Kier molecular flexibility index (Phi) is 9.28. The first kappa shape index (κ1) is 15.8. The molecule has 0 heterocycles. The molecule has 1 unspecified atom stereocenters.